The minimum Gasteiger partial charge on any atom is -0.507 e. The number of phenols is 2. The van der Waals surface area contributed by atoms with E-state index in [1.807, 2.05) is 19.9 Å². The highest BCUT2D eigenvalue weighted by molar-refractivity contribution is 7.72. The summed E-state index contributed by atoms with van der Waals surface area (Å²) in [5, 5.41) is 24.3. The predicted octanol–water partition coefficient (Wildman–Crippen LogP) is 7.03. The molecule has 3 aromatic carbocycles. The Hall–Kier alpha value is -2.31. The lowest BCUT2D eigenvalue weighted by molar-refractivity contribution is 0.474. The van der Waals surface area contributed by atoms with Crippen molar-refractivity contribution in [2.24, 2.45) is 0 Å². The van der Waals surface area contributed by atoms with Gasteiger partial charge in [-0.3, -0.25) is 0 Å². The van der Waals surface area contributed by atoms with E-state index in [-0.39, 0.29) is 0 Å². The summed E-state index contributed by atoms with van der Waals surface area (Å²) in [6.07, 6.45) is 7.39. The molecule has 3 rings (SSSR count). The molecule has 0 aliphatic rings. The van der Waals surface area contributed by atoms with Gasteiger partial charge in [0, 0.05) is 16.8 Å². The highest BCUT2D eigenvalue weighted by Crippen LogP contribution is 2.45. The first-order chi connectivity index (χ1) is 15.4. The fourth-order valence-electron chi connectivity index (χ4n) is 4.20. The second-order valence-electron chi connectivity index (χ2n) is 8.84. The minimum absolute atomic E-state index is 0.378. The fraction of sp³-hybridized carbons (Fsp3) is 0.379. The third-order valence-corrected chi connectivity index (χ3v) is 8.61. The van der Waals surface area contributed by atoms with Crippen LogP contribution in [-0.2, 0) is 19.0 Å². The van der Waals surface area contributed by atoms with Gasteiger partial charge < -0.3 is 10.2 Å². The molecule has 0 aliphatic carbocycles. The zero-order valence-corrected chi connectivity index (χ0v) is 20.9. The van der Waals surface area contributed by atoms with E-state index in [0.29, 0.717) is 11.5 Å². The molecule has 0 bridgehead atoms. The van der Waals surface area contributed by atoms with Gasteiger partial charge in [-0.2, -0.15) is 0 Å². The normalized spacial score (nSPS) is 11.3. The van der Waals surface area contributed by atoms with Gasteiger partial charge in [0.1, 0.15) is 11.5 Å². The van der Waals surface area contributed by atoms with Gasteiger partial charge in [-0.15, -0.1) is 0 Å². The van der Waals surface area contributed by atoms with Crippen LogP contribution in [-0.4, -0.2) is 10.2 Å². The molecule has 0 aliphatic heterocycles. The van der Waals surface area contributed by atoms with E-state index in [0.717, 1.165) is 66.4 Å². The molecule has 3 aromatic rings. The van der Waals surface area contributed by atoms with E-state index in [4.69, 9.17) is 0 Å². The van der Waals surface area contributed by atoms with E-state index >= 15 is 0 Å². The Bertz CT molecular complexity index is 964. The molecule has 0 saturated carbocycles. The van der Waals surface area contributed by atoms with Crippen LogP contribution in [0.3, 0.4) is 0 Å². The lowest BCUT2D eigenvalue weighted by Crippen LogP contribution is -2.17. The highest BCUT2D eigenvalue weighted by atomic mass is 31.1. The van der Waals surface area contributed by atoms with Gasteiger partial charge in [-0.05, 0) is 87.4 Å². The molecule has 0 atom stereocenters. The smallest absolute Gasteiger partial charge is 0.126 e. The van der Waals surface area contributed by atoms with Crippen LogP contribution in [0.15, 0.2) is 54.6 Å². The maximum Gasteiger partial charge on any atom is 0.126 e. The van der Waals surface area contributed by atoms with Gasteiger partial charge in [0.25, 0.3) is 0 Å². The summed E-state index contributed by atoms with van der Waals surface area (Å²) in [6.45, 7) is 8.40. The molecular weight excluding hydrogens is 411 g/mol. The standard InChI is InChI=1S/C29H37O2P/c1-5-7-12-24-16-21(3)28(30)26(18-24)32(20-23-14-10-9-11-15-23)27-19-25(13-8-6-2)17-22(4)29(27)31/h9-11,14-19,30-31H,5-8,12-13,20H2,1-4H3. The number of benzene rings is 3. The number of aryl methyl sites for hydroxylation is 4. The van der Waals surface area contributed by atoms with Crippen molar-refractivity contribution in [1.29, 1.82) is 0 Å². The molecule has 2 nitrogen and oxygen atoms in total. The molecule has 2 N–H and O–H groups in total. The number of rotatable bonds is 10. The van der Waals surface area contributed by atoms with Crippen molar-refractivity contribution in [1.82, 2.24) is 0 Å². The van der Waals surface area contributed by atoms with Gasteiger partial charge in [0.05, 0.1) is 0 Å². The Labute approximate surface area is 195 Å². The van der Waals surface area contributed by atoms with Gasteiger partial charge in [-0.1, -0.05) is 69.2 Å². The molecule has 0 spiro atoms. The van der Waals surface area contributed by atoms with Crippen molar-refractivity contribution in [3.05, 3.63) is 82.4 Å². The second-order valence-corrected chi connectivity index (χ2v) is 11.0. The van der Waals surface area contributed by atoms with Crippen molar-refractivity contribution in [3.8, 4) is 11.5 Å². The average molecular weight is 449 g/mol. The van der Waals surface area contributed by atoms with Crippen LogP contribution in [0.2, 0.25) is 0 Å². The van der Waals surface area contributed by atoms with E-state index in [9.17, 15) is 10.2 Å². The van der Waals surface area contributed by atoms with Crippen molar-refractivity contribution in [2.45, 2.75) is 72.4 Å². The molecule has 32 heavy (non-hydrogen) atoms. The topological polar surface area (TPSA) is 40.5 Å². The summed E-state index contributed by atoms with van der Waals surface area (Å²) < 4.78 is 0. The lowest BCUT2D eigenvalue weighted by Gasteiger charge is -2.24. The van der Waals surface area contributed by atoms with Crippen molar-refractivity contribution in [3.63, 3.8) is 0 Å². The summed E-state index contributed by atoms with van der Waals surface area (Å²) in [4.78, 5) is 0. The number of phenolic OH excluding ortho intramolecular Hbond substituents is 2. The van der Waals surface area contributed by atoms with E-state index in [1.54, 1.807) is 0 Å². The maximum absolute atomic E-state index is 11.2. The Balaban J connectivity index is 2.16. The lowest BCUT2D eigenvalue weighted by atomic mass is 10.1. The van der Waals surface area contributed by atoms with Crippen molar-refractivity contribution < 1.29 is 10.2 Å². The Morgan fingerprint density at radius 1 is 0.656 bits per heavy atom. The summed E-state index contributed by atoms with van der Waals surface area (Å²) in [5.74, 6) is 0.756. The van der Waals surface area contributed by atoms with Crippen molar-refractivity contribution >= 4 is 18.5 Å². The number of unbranched alkanes of at least 4 members (excludes halogenated alkanes) is 2. The predicted molar refractivity (Wildman–Crippen MR) is 139 cm³/mol. The molecule has 0 aromatic heterocycles. The molecule has 0 radical (unpaired) electrons. The highest BCUT2D eigenvalue weighted by Gasteiger charge is 2.24. The van der Waals surface area contributed by atoms with Crippen LogP contribution in [0.4, 0.5) is 0 Å². The first-order valence-corrected chi connectivity index (χ1v) is 13.4. The Morgan fingerprint density at radius 3 is 1.56 bits per heavy atom. The first kappa shape index (κ1) is 24.3. The number of hydrogen-bond acceptors (Lipinski definition) is 2. The monoisotopic (exact) mass is 448 g/mol. The van der Waals surface area contributed by atoms with Crippen LogP contribution >= 0.6 is 7.92 Å². The van der Waals surface area contributed by atoms with Crippen molar-refractivity contribution in [2.75, 3.05) is 0 Å². The van der Waals surface area contributed by atoms with Gasteiger partial charge in [0.15, 0.2) is 0 Å². The summed E-state index contributed by atoms with van der Waals surface area (Å²) in [7, 11) is -0.964. The van der Waals surface area contributed by atoms with Crippen LogP contribution in [0.25, 0.3) is 0 Å². The largest absolute Gasteiger partial charge is 0.507 e. The zero-order valence-electron chi connectivity index (χ0n) is 20.0. The molecule has 0 unspecified atom stereocenters. The van der Waals surface area contributed by atoms with Gasteiger partial charge >= 0.3 is 0 Å². The average Bonchev–Trinajstić information content (AvgIpc) is 2.79. The van der Waals surface area contributed by atoms with E-state index in [1.165, 1.54) is 16.7 Å². The maximum atomic E-state index is 11.2. The number of hydrogen-bond donors (Lipinski definition) is 2. The zero-order chi connectivity index (χ0) is 23.1. The Kier molecular flexibility index (Phi) is 8.76. The quantitative estimate of drug-likeness (QED) is 0.327. The molecule has 3 heteroatoms. The van der Waals surface area contributed by atoms with Crippen LogP contribution in [0, 0.1) is 13.8 Å². The molecule has 0 amide bonds. The minimum atomic E-state index is -0.964. The van der Waals surface area contributed by atoms with Crippen LogP contribution in [0.5, 0.6) is 11.5 Å². The molecular formula is C29H37O2P. The van der Waals surface area contributed by atoms with E-state index in [2.05, 4.69) is 62.4 Å². The SMILES string of the molecule is CCCCc1cc(C)c(O)c(P(Cc2ccccc2)c2cc(CCCC)cc(C)c2O)c1. The van der Waals surface area contributed by atoms with Crippen LogP contribution in [0.1, 0.15) is 67.3 Å². The third-order valence-electron chi connectivity index (χ3n) is 6.08. The summed E-state index contributed by atoms with van der Waals surface area (Å²) in [5.41, 5.74) is 5.62. The Morgan fingerprint density at radius 2 is 1.12 bits per heavy atom. The molecule has 0 saturated heterocycles. The molecule has 170 valence electrons. The second kappa shape index (κ2) is 11.5. The van der Waals surface area contributed by atoms with E-state index < -0.39 is 7.92 Å². The van der Waals surface area contributed by atoms with Gasteiger partial charge in [0.2, 0.25) is 0 Å². The fourth-order valence-corrected chi connectivity index (χ4v) is 6.88. The molecule has 0 fully saturated rings. The summed E-state index contributed by atoms with van der Waals surface area (Å²) >= 11 is 0. The van der Waals surface area contributed by atoms with Crippen LogP contribution < -0.4 is 10.6 Å². The summed E-state index contributed by atoms with van der Waals surface area (Å²) in [6, 6.07) is 19.1. The first-order valence-electron chi connectivity index (χ1n) is 11.9. The number of aromatic hydroxyl groups is 2. The molecule has 0 heterocycles. The van der Waals surface area contributed by atoms with Gasteiger partial charge in [-0.25, -0.2) is 0 Å². The third kappa shape index (κ3) is 5.93.